The standard InChI is InChI=1S/C9H18N4/c1-3-6-13-9(11-7-12-13)5-4-8(2)10/h7-8H,3-6,10H2,1-2H3. The Morgan fingerprint density at radius 2 is 2.38 bits per heavy atom. The van der Waals surface area contributed by atoms with Gasteiger partial charge in [-0.1, -0.05) is 6.92 Å². The van der Waals surface area contributed by atoms with Crippen LogP contribution in [-0.4, -0.2) is 20.8 Å². The third-order valence-corrected chi connectivity index (χ3v) is 1.95. The van der Waals surface area contributed by atoms with Gasteiger partial charge in [0.15, 0.2) is 0 Å². The summed E-state index contributed by atoms with van der Waals surface area (Å²) in [6.07, 6.45) is 4.61. The van der Waals surface area contributed by atoms with Crippen molar-refractivity contribution in [3.63, 3.8) is 0 Å². The Kier molecular flexibility index (Phi) is 3.89. The summed E-state index contributed by atoms with van der Waals surface area (Å²) in [5, 5.41) is 4.15. The SMILES string of the molecule is CCCn1ncnc1CCC(C)N. The van der Waals surface area contributed by atoms with Crippen LogP contribution in [0.2, 0.25) is 0 Å². The van der Waals surface area contributed by atoms with Gasteiger partial charge in [-0.15, -0.1) is 0 Å². The van der Waals surface area contributed by atoms with Crippen molar-refractivity contribution in [3.05, 3.63) is 12.2 Å². The fourth-order valence-corrected chi connectivity index (χ4v) is 1.24. The first-order valence-electron chi connectivity index (χ1n) is 4.86. The number of rotatable bonds is 5. The second kappa shape index (κ2) is 4.97. The van der Waals surface area contributed by atoms with Gasteiger partial charge in [-0.25, -0.2) is 4.98 Å². The minimum Gasteiger partial charge on any atom is -0.328 e. The second-order valence-electron chi connectivity index (χ2n) is 3.42. The van der Waals surface area contributed by atoms with Gasteiger partial charge in [-0.05, 0) is 19.8 Å². The third-order valence-electron chi connectivity index (χ3n) is 1.95. The maximum Gasteiger partial charge on any atom is 0.138 e. The highest BCUT2D eigenvalue weighted by Crippen LogP contribution is 2.01. The van der Waals surface area contributed by atoms with Crippen LogP contribution >= 0.6 is 0 Å². The Morgan fingerprint density at radius 3 is 3.00 bits per heavy atom. The topological polar surface area (TPSA) is 56.7 Å². The lowest BCUT2D eigenvalue weighted by atomic mass is 10.2. The summed E-state index contributed by atoms with van der Waals surface area (Å²) >= 11 is 0. The van der Waals surface area contributed by atoms with Crippen LogP contribution in [0.4, 0.5) is 0 Å². The Balaban J connectivity index is 2.49. The van der Waals surface area contributed by atoms with Gasteiger partial charge in [-0.2, -0.15) is 5.10 Å². The van der Waals surface area contributed by atoms with Gasteiger partial charge >= 0.3 is 0 Å². The van der Waals surface area contributed by atoms with E-state index in [4.69, 9.17) is 5.73 Å². The first-order chi connectivity index (χ1) is 6.24. The molecule has 0 saturated heterocycles. The summed E-state index contributed by atoms with van der Waals surface area (Å²) in [7, 11) is 0. The predicted octanol–water partition coefficient (Wildman–Crippen LogP) is 0.968. The molecular weight excluding hydrogens is 164 g/mol. The molecule has 1 heterocycles. The van der Waals surface area contributed by atoms with Crippen molar-refractivity contribution in [2.45, 2.75) is 45.7 Å². The molecular formula is C9H18N4. The van der Waals surface area contributed by atoms with Gasteiger partial charge < -0.3 is 5.73 Å². The summed E-state index contributed by atoms with van der Waals surface area (Å²) < 4.78 is 1.96. The Labute approximate surface area is 79.2 Å². The third kappa shape index (κ3) is 3.14. The van der Waals surface area contributed by atoms with Crippen molar-refractivity contribution in [1.29, 1.82) is 0 Å². The molecule has 0 amide bonds. The zero-order valence-corrected chi connectivity index (χ0v) is 8.40. The van der Waals surface area contributed by atoms with Gasteiger partial charge in [0.25, 0.3) is 0 Å². The van der Waals surface area contributed by atoms with Gasteiger partial charge in [0.1, 0.15) is 12.2 Å². The Morgan fingerprint density at radius 1 is 1.62 bits per heavy atom. The maximum atomic E-state index is 5.68. The van der Waals surface area contributed by atoms with Crippen LogP contribution in [0, 0.1) is 0 Å². The van der Waals surface area contributed by atoms with E-state index in [1.165, 1.54) is 0 Å². The fourth-order valence-electron chi connectivity index (χ4n) is 1.24. The van der Waals surface area contributed by atoms with Crippen molar-refractivity contribution in [2.75, 3.05) is 0 Å². The van der Waals surface area contributed by atoms with Crippen LogP contribution in [0.15, 0.2) is 6.33 Å². The van der Waals surface area contributed by atoms with E-state index in [0.29, 0.717) is 0 Å². The molecule has 0 aromatic carbocycles. The van der Waals surface area contributed by atoms with Crippen LogP contribution in [0.5, 0.6) is 0 Å². The molecule has 0 aliphatic heterocycles. The van der Waals surface area contributed by atoms with E-state index in [-0.39, 0.29) is 6.04 Å². The molecule has 0 fully saturated rings. The molecule has 1 atom stereocenters. The molecule has 13 heavy (non-hydrogen) atoms. The molecule has 0 radical (unpaired) electrons. The van der Waals surface area contributed by atoms with Crippen LogP contribution < -0.4 is 5.73 Å². The van der Waals surface area contributed by atoms with Crippen LogP contribution in [0.1, 0.15) is 32.5 Å². The van der Waals surface area contributed by atoms with Crippen molar-refractivity contribution >= 4 is 0 Å². The molecule has 0 bridgehead atoms. The Hall–Kier alpha value is -0.900. The van der Waals surface area contributed by atoms with Gasteiger partial charge in [-0.3, -0.25) is 4.68 Å². The lowest BCUT2D eigenvalue weighted by molar-refractivity contribution is 0.548. The number of hydrogen-bond donors (Lipinski definition) is 1. The first-order valence-corrected chi connectivity index (χ1v) is 4.86. The zero-order chi connectivity index (χ0) is 9.68. The van der Waals surface area contributed by atoms with Crippen LogP contribution in [0.25, 0.3) is 0 Å². The molecule has 1 rings (SSSR count). The molecule has 1 aromatic rings. The van der Waals surface area contributed by atoms with E-state index in [2.05, 4.69) is 17.0 Å². The predicted molar refractivity (Wildman–Crippen MR) is 52.3 cm³/mol. The summed E-state index contributed by atoms with van der Waals surface area (Å²) in [6.45, 7) is 5.10. The van der Waals surface area contributed by atoms with E-state index in [9.17, 15) is 0 Å². The largest absolute Gasteiger partial charge is 0.328 e. The maximum absolute atomic E-state index is 5.68. The molecule has 0 spiro atoms. The van der Waals surface area contributed by atoms with Crippen LogP contribution in [0.3, 0.4) is 0 Å². The molecule has 74 valence electrons. The van der Waals surface area contributed by atoms with Gasteiger partial charge in [0.2, 0.25) is 0 Å². The fraction of sp³-hybridized carbons (Fsp3) is 0.778. The number of hydrogen-bond acceptors (Lipinski definition) is 3. The summed E-state index contributed by atoms with van der Waals surface area (Å²) in [6, 6.07) is 0.242. The monoisotopic (exact) mass is 182 g/mol. The average Bonchev–Trinajstić information content (AvgIpc) is 2.49. The van der Waals surface area contributed by atoms with Crippen molar-refractivity contribution in [1.82, 2.24) is 14.8 Å². The van der Waals surface area contributed by atoms with E-state index < -0.39 is 0 Å². The summed E-state index contributed by atoms with van der Waals surface area (Å²) in [5.74, 6) is 1.05. The molecule has 1 aromatic heterocycles. The number of aryl methyl sites for hydroxylation is 2. The molecule has 0 aliphatic carbocycles. The first kappa shape index (κ1) is 10.2. The normalized spacial score (nSPS) is 13.2. The van der Waals surface area contributed by atoms with E-state index >= 15 is 0 Å². The minimum atomic E-state index is 0.242. The molecule has 0 aliphatic rings. The van der Waals surface area contributed by atoms with Gasteiger partial charge in [0.05, 0.1) is 0 Å². The molecule has 1 unspecified atom stereocenters. The highest BCUT2D eigenvalue weighted by Gasteiger charge is 2.04. The smallest absolute Gasteiger partial charge is 0.138 e. The van der Waals surface area contributed by atoms with Gasteiger partial charge in [0, 0.05) is 19.0 Å². The molecule has 4 heteroatoms. The zero-order valence-electron chi connectivity index (χ0n) is 8.40. The summed E-state index contributed by atoms with van der Waals surface area (Å²) in [4.78, 5) is 4.20. The minimum absolute atomic E-state index is 0.242. The molecule has 0 saturated carbocycles. The average molecular weight is 182 g/mol. The van der Waals surface area contributed by atoms with Crippen molar-refractivity contribution in [3.8, 4) is 0 Å². The molecule has 2 N–H and O–H groups in total. The lowest BCUT2D eigenvalue weighted by Crippen LogP contribution is -2.17. The Bertz CT molecular complexity index is 242. The number of nitrogens with zero attached hydrogens (tertiary/aromatic N) is 3. The van der Waals surface area contributed by atoms with E-state index in [1.54, 1.807) is 6.33 Å². The van der Waals surface area contributed by atoms with Crippen molar-refractivity contribution in [2.24, 2.45) is 5.73 Å². The number of aromatic nitrogens is 3. The van der Waals surface area contributed by atoms with Crippen molar-refractivity contribution < 1.29 is 0 Å². The highest BCUT2D eigenvalue weighted by atomic mass is 15.3. The lowest BCUT2D eigenvalue weighted by Gasteiger charge is -2.05. The van der Waals surface area contributed by atoms with Crippen LogP contribution in [-0.2, 0) is 13.0 Å². The van der Waals surface area contributed by atoms with E-state index in [0.717, 1.165) is 31.6 Å². The summed E-state index contributed by atoms with van der Waals surface area (Å²) in [5.41, 5.74) is 5.68. The second-order valence-corrected chi connectivity index (χ2v) is 3.42. The highest BCUT2D eigenvalue weighted by molar-refractivity contribution is 4.85. The van der Waals surface area contributed by atoms with E-state index in [1.807, 2.05) is 11.6 Å². The number of nitrogens with two attached hydrogens (primary N) is 1. The molecule has 4 nitrogen and oxygen atoms in total. The quantitative estimate of drug-likeness (QED) is 0.738.